The molecule has 1 unspecified atom stereocenters. The number of halogens is 3. The largest absolute Gasteiger partial charge is 0.389 e. The molecule has 0 spiro atoms. The van der Waals surface area contributed by atoms with E-state index < -0.39 is 12.6 Å². The number of hydrogen-bond donors (Lipinski definition) is 2. The summed E-state index contributed by atoms with van der Waals surface area (Å²) in [5.74, 6) is 0. The molecule has 1 saturated heterocycles. The molecule has 0 saturated carbocycles. The first-order chi connectivity index (χ1) is 8.08. The molecule has 0 amide bonds. The summed E-state index contributed by atoms with van der Waals surface area (Å²) in [6, 6.07) is 0.432. The minimum absolute atomic E-state index is 0.177. The van der Waals surface area contributed by atoms with Gasteiger partial charge >= 0.3 is 6.18 Å². The Labute approximate surface area is 101 Å². The molecule has 1 atom stereocenters. The molecule has 0 radical (unpaired) electrons. The maximum Gasteiger partial charge on any atom is 0.389 e. The van der Waals surface area contributed by atoms with Crippen LogP contribution in [0.1, 0.15) is 44.9 Å². The quantitative estimate of drug-likeness (QED) is 0.735. The Hall–Kier alpha value is -0.290. The fraction of sp³-hybridized carbons (Fsp3) is 1.00. The van der Waals surface area contributed by atoms with E-state index in [1.54, 1.807) is 0 Å². The maximum atomic E-state index is 11.9. The third-order valence-electron chi connectivity index (χ3n) is 3.12. The molecule has 0 aromatic heterocycles. The molecule has 17 heavy (non-hydrogen) atoms. The van der Waals surface area contributed by atoms with Crippen molar-refractivity contribution in [2.45, 2.75) is 57.2 Å². The summed E-state index contributed by atoms with van der Waals surface area (Å²) in [6.07, 6.45) is 1.62. The molecule has 2 nitrogen and oxygen atoms in total. The summed E-state index contributed by atoms with van der Waals surface area (Å²) in [5.41, 5.74) is 0. The van der Waals surface area contributed by atoms with E-state index in [9.17, 15) is 13.2 Å². The SMILES string of the molecule is FC(F)(F)CCCNCC1CCCCCCN1. The molecule has 1 heterocycles. The van der Waals surface area contributed by atoms with Gasteiger partial charge in [-0.1, -0.05) is 19.3 Å². The summed E-state index contributed by atoms with van der Waals surface area (Å²) < 4.78 is 35.7. The first kappa shape index (κ1) is 14.8. The van der Waals surface area contributed by atoms with Crippen LogP contribution in [0, 0.1) is 0 Å². The lowest BCUT2D eigenvalue weighted by Crippen LogP contribution is -2.40. The third kappa shape index (κ3) is 8.44. The van der Waals surface area contributed by atoms with Crippen LogP contribution in [0.25, 0.3) is 0 Å². The number of nitrogens with one attached hydrogen (secondary N) is 2. The molecular formula is C12H23F3N2. The van der Waals surface area contributed by atoms with Crippen molar-refractivity contribution >= 4 is 0 Å². The Morgan fingerprint density at radius 1 is 1.12 bits per heavy atom. The standard InChI is InChI=1S/C12H23F3N2/c13-12(14,15)7-5-8-16-10-11-6-3-1-2-4-9-17-11/h11,16-17H,1-10H2. The fourth-order valence-corrected chi connectivity index (χ4v) is 2.14. The number of hydrogen-bond acceptors (Lipinski definition) is 2. The van der Waals surface area contributed by atoms with Crippen LogP contribution in [0.2, 0.25) is 0 Å². The Bertz CT molecular complexity index is 187. The van der Waals surface area contributed by atoms with E-state index in [0.29, 0.717) is 12.6 Å². The van der Waals surface area contributed by atoms with Crippen molar-refractivity contribution in [3.05, 3.63) is 0 Å². The lowest BCUT2D eigenvalue weighted by Gasteiger charge is -2.21. The summed E-state index contributed by atoms with van der Waals surface area (Å²) in [5, 5.41) is 6.56. The van der Waals surface area contributed by atoms with Crippen LogP contribution in [0.5, 0.6) is 0 Å². The Balaban J connectivity index is 2.00. The Kier molecular flexibility index (Phi) is 6.89. The Morgan fingerprint density at radius 2 is 1.88 bits per heavy atom. The van der Waals surface area contributed by atoms with Crippen LogP contribution in [-0.2, 0) is 0 Å². The van der Waals surface area contributed by atoms with E-state index in [4.69, 9.17) is 0 Å². The predicted octanol–water partition coefficient (Wildman–Crippen LogP) is 2.84. The van der Waals surface area contributed by atoms with Crippen molar-refractivity contribution in [1.29, 1.82) is 0 Å². The molecule has 0 aliphatic carbocycles. The van der Waals surface area contributed by atoms with Gasteiger partial charge in [0.15, 0.2) is 0 Å². The molecule has 1 aliphatic rings. The van der Waals surface area contributed by atoms with E-state index in [2.05, 4.69) is 10.6 Å². The highest BCUT2D eigenvalue weighted by Crippen LogP contribution is 2.20. The van der Waals surface area contributed by atoms with Crippen molar-refractivity contribution < 1.29 is 13.2 Å². The van der Waals surface area contributed by atoms with E-state index in [-0.39, 0.29) is 6.42 Å². The van der Waals surface area contributed by atoms with Crippen molar-refractivity contribution in [3.63, 3.8) is 0 Å². The molecule has 1 rings (SSSR count). The molecule has 1 aliphatic heterocycles. The van der Waals surface area contributed by atoms with Crippen LogP contribution in [0.4, 0.5) is 13.2 Å². The van der Waals surface area contributed by atoms with Crippen LogP contribution in [0.3, 0.4) is 0 Å². The molecule has 5 heteroatoms. The zero-order valence-corrected chi connectivity index (χ0v) is 10.3. The van der Waals surface area contributed by atoms with Crippen molar-refractivity contribution in [1.82, 2.24) is 10.6 Å². The minimum Gasteiger partial charge on any atom is -0.315 e. The molecule has 2 N–H and O–H groups in total. The van der Waals surface area contributed by atoms with Gasteiger partial charge in [-0.05, 0) is 32.4 Å². The highest BCUT2D eigenvalue weighted by atomic mass is 19.4. The zero-order valence-electron chi connectivity index (χ0n) is 10.3. The van der Waals surface area contributed by atoms with Crippen molar-refractivity contribution in [2.75, 3.05) is 19.6 Å². The highest BCUT2D eigenvalue weighted by Gasteiger charge is 2.25. The second-order valence-electron chi connectivity index (χ2n) is 4.78. The van der Waals surface area contributed by atoms with Gasteiger partial charge in [0.1, 0.15) is 0 Å². The van der Waals surface area contributed by atoms with Crippen LogP contribution < -0.4 is 10.6 Å². The molecular weight excluding hydrogens is 229 g/mol. The summed E-state index contributed by atoms with van der Waals surface area (Å²) in [4.78, 5) is 0. The van der Waals surface area contributed by atoms with Crippen molar-refractivity contribution in [3.8, 4) is 0 Å². The lowest BCUT2D eigenvalue weighted by atomic mass is 10.0. The minimum atomic E-state index is -4.01. The number of rotatable bonds is 5. The second kappa shape index (κ2) is 7.93. The predicted molar refractivity (Wildman–Crippen MR) is 63.0 cm³/mol. The average Bonchev–Trinajstić information content (AvgIpc) is 2.18. The Morgan fingerprint density at radius 3 is 2.65 bits per heavy atom. The fourth-order valence-electron chi connectivity index (χ4n) is 2.14. The van der Waals surface area contributed by atoms with E-state index >= 15 is 0 Å². The molecule has 1 fully saturated rings. The van der Waals surface area contributed by atoms with Gasteiger partial charge in [0.05, 0.1) is 0 Å². The first-order valence-electron chi connectivity index (χ1n) is 6.59. The maximum absolute atomic E-state index is 11.9. The van der Waals surface area contributed by atoms with Gasteiger partial charge in [-0.3, -0.25) is 0 Å². The van der Waals surface area contributed by atoms with Gasteiger partial charge < -0.3 is 10.6 Å². The second-order valence-corrected chi connectivity index (χ2v) is 4.78. The first-order valence-corrected chi connectivity index (χ1v) is 6.59. The average molecular weight is 252 g/mol. The molecule has 102 valence electrons. The van der Waals surface area contributed by atoms with Gasteiger partial charge in [0, 0.05) is 19.0 Å². The summed E-state index contributed by atoms with van der Waals surface area (Å²) in [7, 11) is 0. The van der Waals surface area contributed by atoms with Gasteiger partial charge in [-0.15, -0.1) is 0 Å². The van der Waals surface area contributed by atoms with Crippen molar-refractivity contribution in [2.24, 2.45) is 0 Å². The van der Waals surface area contributed by atoms with Gasteiger partial charge in [0.25, 0.3) is 0 Å². The van der Waals surface area contributed by atoms with Gasteiger partial charge in [-0.25, -0.2) is 0 Å². The lowest BCUT2D eigenvalue weighted by molar-refractivity contribution is -0.135. The van der Waals surface area contributed by atoms with Gasteiger partial charge in [0.2, 0.25) is 0 Å². The van der Waals surface area contributed by atoms with Crippen LogP contribution >= 0.6 is 0 Å². The molecule has 0 aromatic rings. The van der Waals surface area contributed by atoms with E-state index in [0.717, 1.165) is 19.5 Å². The van der Waals surface area contributed by atoms with Crippen LogP contribution in [0.15, 0.2) is 0 Å². The normalized spacial score (nSPS) is 23.1. The smallest absolute Gasteiger partial charge is 0.315 e. The van der Waals surface area contributed by atoms with E-state index in [1.165, 1.54) is 25.7 Å². The van der Waals surface area contributed by atoms with Gasteiger partial charge in [-0.2, -0.15) is 13.2 Å². The number of alkyl halides is 3. The summed E-state index contributed by atoms with van der Waals surface area (Å²) in [6.45, 7) is 2.28. The summed E-state index contributed by atoms with van der Waals surface area (Å²) >= 11 is 0. The zero-order chi connectivity index (χ0) is 12.6. The van der Waals surface area contributed by atoms with Crippen LogP contribution in [-0.4, -0.2) is 31.9 Å². The molecule has 0 aromatic carbocycles. The van der Waals surface area contributed by atoms with E-state index in [1.807, 2.05) is 0 Å². The monoisotopic (exact) mass is 252 g/mol. The molecule has 0 bridgehead atoms. The third-order valence-corrected chi connectivity index (χ3v) is 3.12. The topological polar surface area (TPSA) is 24.1 Å². The highest BCUT2D eigenvalue weighted by molar-refractivity contribution is 4.72.